The van der Waals surface area contributed by atoms with Crippen LogP contribution in [0.4, 0.5) is 17.6 Å². The molecule has 32 heavy (non-hydrogen) atoms. The first-order chi connectivity index (χ1) is 15.3. The number of alkyl halides is 4. The minimum atomic E-state index is -4.35. The Morgan fingerprint density at radius 3 is 2.72 bits per heavy atom. The molecule has 1 aliphatic heterocycles. The van der Waals surface area contributed by atoms with E-state index in [4.69, 9.17) is 4.74 Å². The number of ether oxygens (including phenoxy) is 1. The van der Waals surface area contributed by atoms with Gasteiger partial charge in [-0.05, 0) is 49.6 Å². The van der Waals surface area contributed by atoms with Crippen LogP contribution in [0.25, 0.3) is 0 Å². The van der Waals surface area contributed by atoms with Crippen LogP contribution in [-0.4, -0.2) is 67.5 Å². The van der Waals surface area contributed by atoms with E-state index >= 15 is 0 Å². The van der Waals surface area contributed by atoms with Crippen molar-refractivity contribution < 1.29 is 27.3 Å². The second-order valence-electron chi connectivity index (χ2n) is 7.89. The molecule has 0 saturated carbocycles. The molecule has 0 aliphatic carbocycles. The van der Waals surface area contributed by atoms with E-state index < -0.39 is 18.8 Å². The largest absolute Gasteiger partial charge is 0.491 e. The standard InChI is InChI=1S/C22H27BF4N3O2/c1-15-11-16-12-17(23-31)3-5-19(16)21(30(15)14-22(25,26)27)20-6-4-18(13-29-20)32-10-9-28-8-2-7-24/h3-6,12-13,15,21,28,31H,2,7-11,14H2,1H3/t15-,21?/m1/s1. The molecule has 0 fully saturated rings. The summed E-state index contributed by atoms with van der Waals surface area (Å²) in [5.41, 5.74) is 2.74. The highest BCUT2D eigenvalue weighted by atomic mass is 19.4. The predicted octanol–water partition coefficient (Wildman–Crippen LogP) is 2.54. The van der Waals surface area contributed by atoms with Crippen LogP contribution in [-0.2, 0) is 6.42 Å². The molecule has 5 nitrogen and oxygen atoms in total. The lowest BCUT2D eigenvalue weighted by Gasteiger charge is -2.42. The van der Waals surface area contributed by atoms with Crippen molar-refractivity contribution in [1.29, 1.82) is 0 Å². The van der Waals surface area contributed by atoms with Gasteiger partial charge in [-0.15, -0.1) is 0 Å². The van der Waals surface area contributed by atoms with Crippen molar-refractivity contribution in [2.45, 2.75) is 38.0 Å². The summed E-state index contributed by atoms with van der Waals surface area (Å²) in [4.78, 5) is 5.84. The first kappa shape index (κ1) is 24.5. The Bertz CT molecular complexity index is 867. The minimum absolute atomic E-state index is 0.365. The van der Waals surface area contributed by atoms with Crippen molar-refractivity contribution in [2.24, 2.45) is 0 Å². The van der Waals surface area contributed by atoms with Crippen LogP contribution in [0, 0.1) is 0 Å². The number of fused-ring (bicyclic) bond motifs is 1. The predicted molar refractivity (Wildman–Crippen MR) is 115 cm³/mol. The summed E-state index contributed by atoms with van der Waals surface area (Å²) >= 11 is 0. The monoisotopic (exact) mass is 452 g/mol. The van der Waals surface area contributed by atoms with E-state index in [1.807, 2.05) is 0 Å². The van der Waals surface area contributed by atoms with Crippen LogP contribution in [0.3, 0.4) is 0 Å². The molecule has 1 aliphatic rings. The van der Waals surface area contributed by atoms with Gasteiger partial charge in [0.2, 0.25) is 0 Å². The zero-order valence-corrected chi connectivity index (χ0v) is 17.9. The van der Waals surface area contributed by atoms with Gasteiger partial charge in [0, 0.05) is 12.6 Å². The highest BCUT2D eigenvalue weighted by Gasteiger charge is 2.41. The normalized spacial score (nSPS) is 18.9. The van der Waals surface area contributed by atoms with Crippen LogP contribution in [0.2, 0.25) is 0 Å². The second kappa shape index (κ2) is 11.1. The van der Waals surface area contributed by atoms with E-state index in [9.17, 15) is 22.6 Å². The number of benzene rings is 1. The van der Waals surface area contributed by atoms with Crippen LogP contribution in [0.15, 0.2) is 36.5 Å². The third kappa shape index (κ3) is 6.43. The summed E-state index contributed by atoms with van der Waals surface area (Å²) in [5, 5.41) is 12.4. The molecule has 2 atom stereocenters. The van der Waals surface area contributed by atoms with Gasteiger partial charge in [0.1, 0.15) is 12.4 Å². The molecule has 1 radical (unpaired) electrons. The average molecular weight is 452 g/mol. The number of hydrogen-bond acceptors (Lipinski definition) is 5. The molecule has 0 spiro atoms. The SMILES string of the molecule is C[C@@H]1Cc2cc([B]O)ccc2C(c2ccc(OCCNCCCF)cn2)N1CC(F)(F)F. The molecule has 1 aromatic carbocycles. The van der Waals surface area contributed by atoms with Gasteiger partial charge in [0.05, 0.1) is 31.2 Å². The van der Waals surface area contributed by atoms with Gasteiger partial charge in [-0.1, -0.05) is 23.7 Å². The first-order valence-corrected chi connectivity index (χ1v) is 10.6. The number of rotatable bonds is 10. The van der Waals surface area contributed by atoms with Gasteiger partial charge in [0.25, 0.3) is 0 Å². The maximum Gasteiger partial charge on any atom is 0.401 e. The maximum absolute atomic E-state index is 13.4. The van der Waals surface area contributed by atoms with Crippen LogP contribution in [0.5, 0.6) is 5.75 Å². The van der Waals surface area contributed by atoms with Crippen molar-refractivity contribution in [3.8, 4) is 5.75 Å². The van der Waals surface area contributed by atoms with Crippen molar-refractivity contribution >= 4 is 12.9 Å². The van der Waals surface area contributed by atoms with Gasteiger partial charge in [-0.25, -0.2) is 0 Å². The zero-order chi connectivity index (χ0) is 23.1. The van der Waals surface area contributed by atoms with Gasteiger partial charge in [-0.3, -0.25) is 14.3 Å². The Morgan fingerprint density at radius 2 is 2.06 bits per heavy atom. The summed E-state index contributed by atoms with van der Waals surface area (Å²) in [6, 6.07) is 7.60. The number of halogens is 4. The third-order valence-electron chi connectivity index (χ3n) is 5.46. The Labute approximate surface area is 186 Å². The topological polar surface area (TPSA) is 57.6 Å². The molecular formula is C22H27BF4N3O2. The summed E-state index contributed by atoms with van der Waals surface area (Å²) in [6.07, 6.45) is -1.94. The molecule has 1 aromatic heterocycles. The molecule has 2 heterocycles. The highest BCUT2D eigenvalue weighted by molar-refractivity contribution is 6.45. The zero-order valence-electron chi connectivity index (χ0n) is 17.9. The smallest absolute Gasteiger partial charge is 0.401 e. The van der Waals surface area contributed by atoms with E-state index in [1.54, 1.807) is 37.3 Å². The molecule has 1 unspecified atom stereocenters. The fourth-order valence-electron chi connectivity index (χ4n) is 4.00. The Hall–Kier alpha value is -2.17. The van der Waals surface area contributed by atoms with E-state index in [2.05, 4.69) is 10.3 Å². The van der Waals surface area contributed by atoms with Crippen LogP contribution >= 0.6 is 0 Å². The Kier molecular flexibility index (Phi) is 8.50. The summed E-state index contributed by atoms with van der Waals surface area (Å²) in [7, 11) is 0.985. The van der Waals surface area contributed by atoms with Crippen molar-refractivity contribution in [3.63, 3.8) is 0 Å². The molecule has 2 N–H and O–H groups in total. The summed E-state index contributed by atoms with van der Waals surface area (Å²) in [5.74, 6) is 0.512. The van der Waals surface area contributed by atoms with Crippen molar-refractivity contribution in [3.05, 3.63) is 53.3 Å². The molecule has 10 heteroatoms. The number of aromatic nitrogens is 1. The first-order valence-electron chi connectivity index (χ1n) is 10.6. The Morgan fingerprint density at radius 1 is 1.25 bits per heavy atom. The Balaban J connectivity index is 1.80. The third-order valence-corrected chi connectivity index (χ3v) is 5.46. The lowest BCUT2D eigenvalue weighted by Crippen LogP contribution is -2.47. The van der Waals surface area contributed by atoms with Crippen LogP contribution in [0.1, 0.15) is 36.2 Å². The lowest BCUT2D eigenvalue weighted by atomic mass is 9.80. The molecule has 3 rings (SSSR count). The van der Waals surface area contributed by atoms with E-state index in [1.165, 1.54) is 11.1 Å². The number of pyridine rings is 1. The van der Waals surface area contributed by atoms with Gasteiger partial charge in [0.15, 0.2) is 0 Å². The maximum atomic E-state index is 13.4. The highest BCUT2D eigenvalue weighted by Crippen LogP contribution is 2.38. The number of nitrogens with zero attached hydrogens (tertiary/aromatic N) is 2. The van der Waals surface area contributed by atoms with E-state index in [-0.39, 0.29) is 12.7 Å². The lowest BCUT2D eigenvalue weighted by molar-refractivity contribution is -0.155. The molecule has 0 saturated heterocycles. The summed E-state index contributed by atoms with van der Waals surface area (Å²) < 4.78 is 57.8. The van der Waals surface area contributed by atoms with Crippen molar-refractivity contribution in [1.82, 2.24) is 15.2 Å². The van der Waals surface area contributed by atoms with Crippen molar-refractivity contribution in [2.75, 3.05) is 32.9 Å². The number of hydrogen-bond donors (Lipinski definition) is 2. The van der Waals surface area contributed by atoms with E-state index in [0.717, 1.165) is 18.6 Å². The van der Waals surface area contributed by atoms with Gasteiger partial charge < -0.3 is 15.1 Å². The number of nitrogens with one attached hydrogen (secondary N) is 1. The quantitative estimate of drug-likeness (QED) is 0.330. The molecule has 2 aromatic rings. The second-order valence-corrected chi connectivity index (χ2v) is 7.89. The average Bonchev–Trinajstić information content (AvgIpc) is 2.76. The van der Waals surface area contributed by atoms with E-state index in [0.29, 0.717) is 49.4 Å². The molecular weight excluding hydrogens is 425 g/mol. The molecule has 0 amide bonds. The van der Waals surface area contributed by atoms with Crippen LogP contribution < -0.4 is 15.5 Å². The molecule has 173 valence electrons. The fourth-order valence-corrected chi connectivity index (χ4v) is 4.00. The molecule has 0 bridgehead atoms. The summed E-state index contributed by atoms with van der Waals surface area (Å²) in [6.45, 7) is 1.85. The van der Waals surface area contributed by atoms with Gasteiger partial charge >= 0.3 is 13.7 Å². The fraction of sp³-hybridized carbons (Fsp3) is 0.500. The van der Waals surface area contributed by atoms with Gasteiger partial charge in [-0.2, -0.15) is 13.2 Å². The minimum Gasteiger partial charge on any atom is -0.491 e.